The van der Waals surface area contributed by atoms with E-state index in [0.717, 1.165) is 0 Å². The molecule has 1 aromatic carbocycles. The van der Waals surface area contributed by atoms with E-state index in [2.05, 4.69) is 20.4 Å². The van der Waals surface area contributed by atoms with E-state index in [1.165, 1.54) is 25.6 Å². The number of carbonyl (C=O) groups is 2. The number of pyridine rings is 1. The average molecular weight is 315 g/mol. The van der Waals surface area contributed by atoms with Crippen LogP contribution in [0.3, 0.4) is 0 Å². The summed E-state index contributed by atoms with van der Waals surface area (Å²) in [5, 5.41) is 5.44. The van der Waals surface area contributed by atoms with E-state index in [-0.39, 0.29) is 16.6 Å². The number of nitrogens with zero attached hydrogens (tertiary/aromatic N) is 1. The van der Waals surface area contributed by atoms with E-state index in [1.807, 2.05) is 6.07 Å². The van der Waals surface area contributed by atoms with Crippen LogP contribution in [0.1, 0.15) is 20.7 Å². The molecule has 0 aliphatic carbocycles. The minimum absolute atomic E-state index is 0.109. The molecule has 0 unspecified atom stereocenters. The first-order valence-corrected chi connectivity index (χ1v) is 6.71. The summed E-state index contributed by atoms with van der Waals surface area (Å²) in [5.74, 6) is -0.828. The Morgan fingerprint density at radius 1 is 1.14 bits per heavy atom. The van der Waals surface area contributed by atoms with Crippen molar-refractivity contribution in [2.24, 2.45) is 0 Å². The number of methoxy groups -OCH3 is 1. The SMILES string of the molecule is COC(=O)c1cncc(NC(=S)NC(=O)c2ccccc2)c1. The zero-order chi connectivity index (χ0) is 15.9. The minimum Gasteiger partial charge on any atom is -0.465 e. The van der Waals surface area contributed by atoms with Crippen molar-refractivity contribution in [3.63, 3.8) is 0 Å². The van der Waals surface area contributed by atoms with Gasteiger partial charge in [0.25, 0.3) is 5.91 Å². The smallest absolute Gasteiger partial charge is 0.339 e. The van der Waals surface area contributed by atoms with Crippen LogP contribution < -0.4 is 10.6 Å². The molecular formula is C15H13N3O3S. The Labute approximate surface area is 132 Å². The highest BCUT2D eigenvalue weighted by molar-refractivity contribution is 7.80. The quantitative estimate of drug-likeness (QED) is 0.666. The van der Waals surface area contributed by atoms with E-state index < -0.39 is 5.97 Å². The van der Waals surface area contributed by atoms with Gasteiger partial charge in [-0.25, -0.2) is 4.79 Å². The van der Waals surface area contributed by atoms with E-state index in [0.29, 0.717) is 11.3 Å². The zero-order valence-electron chi connectivity index (χ0n) is 11.7. The van der Waals surface area contributed by atoms with Crippen LogP contribution in [0.4, 0.5) is 5.69 Å². The summed E-state index contributed by atoms with van der Waals surface area (Å²) in [6.45, 7) is 0. The monoisotopic (exact) mass is 315 g/mol. The maximum Gasteiger partial charge on any atom is 0.339 e. The van der Waals surface area contributed by atoms with Crippen LogP contribution in [0.25, 0.3) is 0 Å². The molecule has 1 amide bonds. The van der Waals surface area contributed by atoms with Crippen molar-refractivity contribution in [2.75, 3.05) is 12.4 Å². The topological polar surface area (TPSA) is 80.3 Å². The zero-order valence-corrected chi connectivity index (χ0v) is 12.5. The Hall–Kier alpha value is -2.80. The molecule has 0 saturated carbocycles. The van der Waals surface area contributed by atoms with Gasteiger partial charge in [0.05, 0.1) is 24.6 Å². The number of hydrogen-bond acceptors (Lipinski definition) is 5. The second kappa shape index (κ2) is 7.28. The van der Waals surface area contributed by atoms with E-state index in [9.17, 15) is 9.59 Å². The highest BCUT2D eigenvalue weighted by atomic mass is 32.1. The molecule has 112 valence electrons. The summed E-state index contributed by atoms with van der Waals surface area (Å²) in [7, 11) is 1.28. The van der Waals surface area contributed by atoms with Gasteiger partial charge in [0.2, 0.25) is 0 Å². The van der Waals surface area contributed by atoms with Crippen LogP contribution in [0.15, 0.2) is 48.8 Å². The number of ether oxygens (including phenoxy) is 1. The fourth-order valence-corrected chi connectivity index (χ4v) is 1.88. The number of anilines is 1. The maximum atomic E-state index is 11.9. The second-order valence-corrected chi connectivity index (χ2v) is 4.64. The summed E-state index contributed by atoms with van der Waals surface area (Å²) in [6.07, 6.45) is 2.86. The number of esters is 1. The van der Waals surface area contributed by atoms with Gasteiger partial charge < -0.3 is 10.1 Å². The number of nitrogens with one attached hydrogen (secondary N) is 2. The molecule has 1 aromatic heterocycles. The van der Waals surface area contributed by atoms with Crippen molar-refractivity contribution in [2.45, 2.75) is 0 Å². The van der Waals surface area contributed by atoms with Gasteiger partial charge in [-0.15, -0.1) is 0 Å². The van der Waals surface area contributed by atoms with Gasteiger partial charge in [0.1, 0.15) is 0 Å². The molecule has 0 aliphatic heterocycles. The predicted molar refractivity (Wildman–Crippen MR) is 85.7 cm³/mol. The Kier molecular flexibility index (Phi) is 5.16. The number of benzene rings is 1. The van der Waals surface area contributed by atoms with Gasteiger partial charge in [-0.1, -0.05) is 18.2 Å². The summed E-state index contributed by atoms with van der Waals surface area (Å²) in [5.41, 5.74) is 1.25. The Morgan fingerprint density at radius 2 is 1.86 bits per heavy atom. The van der Waals surface area contributed by atoms with Gasteiger partial charge in [-0.3, -0.25) is 15.1 Å². The molecule has 1 heterocycles. The lowest BCUT2D eigenvalue weighted by Gasteiger charge is -2.10. The number of hydrogen-bond donors (Lipinski definition) is 2. The Bertz CT molecular complexity index is 704. The summed E-state index contributed by atoms with van der Waals surface area (Å²) in [6, 6.07) is 10.2. The van der Waals surface area contributed by atoms with Crippen molar-refractivity contribution in [3.05, 3.63) is 59.9 Å². The van der Waals surface area contributed by atoms with Crippen LogP contribution >= 0.6 is 12.2 Å². The minimum atomic E-state index is -0.504. The van der Waals surface area contributed by atoms with Crippen LogP contribution in [0.5, 0.6) is 0 Å². The summed E-state index contributed by atoms with van der Waals surface area (Å²) >= 11 is 5.06. The molecule has 0 fully saturated rings. The largest absolute Gasteiger partial charge is 0.465 e. The molecular weight excluding hydrogens is 302 g/mol. The molecule has 0 bridgehead atoms. The molecule has 22 heavy (non-hydrogen) atoms. The van der Waals surface area contributed by atoms with Crippen molar-refractivity contribution in [1.82, 2.24) is 10.3 Å². The number of rotatable bonds is 3. The lowest BCUT2D eigenvalue weighted by atomic mass is 10.2. The van der Waals surface area contributed by atoms with E-state index >= 15 is 0 Å². The molecule has 0 spiro atoms. The molecule has 7 heteroatoms. The number of aromatic nitrogens is 1. The number of thiocarbonyl (C=S) groups is 1. The van der Waals surface area contributed by atoms with Crippen LogP contribution in [0.2, 0.25) is 0 Å². The first kappa shape index (κ1) is 15.6. The molecule has 6 nitrogen and oxygen atoms in total. The number of carbonyl (C=O) groups excluding carboxylic acids is 2. The molecule has 2 rings (SSSR count). The van der Waals surface area contributed by atoms with Crippen molar-refractivity contribution >= 4 is 34.9 Å². The molecule has 0 radical (unpaired) electrons. The highest BCUT2D eigenvalue weighted by Gasteiger charge is 2.09. The first-order valence-electron chi connectivity index (χ1n) is 6.31. The first-order chi connectivity index (χ1) is 10.6. The van der Waals surface area contributed by atoms with Crippen LogP contribution in [-0.4, -0.2) is 29.1 Å². The third kappa shape index (κ3) is 4.10. The van der Waals surface area contributed by atoms with Gasteiger partial charge in [0.15, 0.2) is 5.11 Å². The molecule has 2 N–H and O–H groups in total. The van der Waals surface area contributed by atoms with Gasteiger partial charge >= 0.3 is 5.97 Å². The van der Waals surface area contributed by atoms with Gasteiger partial charge in [0, 0.05) is 11.8 Å². The summed E-state index contributed by atoms with van der Waals surface area (Å²) in [4.78, 5) is 27.3. The number of amides is 1. The molecule has 0 aliphatic rings. The van der Waals surface area contributed by atoms with Crippen molar-refractivity contribution in [1.29, 1.82) is 0 Å². The van der Waals surface area contributed by atoms with Gasteiger partial charge in [-0.05, 0) is 30.4 Å². The Morgan fingerprint density at radius 3 is 2.55 bits per heavy atom. The van der Waals surface area contributed by atoms with Crippen LogP contribution in [0, 0.1) is 0 Å². The predicted octanol–water partition coefficient (Wildman–Crippen LogP) is 1.99. The molecule has 0 atom stereocenters. The molecule has 0 saturated heterocycles. The third-order valence-corrected chi connectivity index (χ3v) is 2.88. The van der Waals surface area contributed by atoms with Crippen molar-refractivity contribution < 1.29 is 14.3 Å². The average Bonchev–Trinajstić information content (AvgIpc) is 2.55. The highest BCUT2D eigenvalue weighted by Crippen LogP contribution is 2.09. The van der Waals surface area contributed by atoms with E-state index in [1.54, 1.807) is 24.3 Å². The Balaban J connectivity index is 2.00. The summed E-state index contributed by atoms with van der Waals surface area (Å²) < 4.78 is 4.61. The van der Waals surface area contributed by atoms with Gasteiger partial charge in [-0.2, -0.15) is 0 Å². The lowest BCUT2D eigenvalue weighted by Crippen LogP contribution is -2.34. The normalized spacial score (nSPS) is 9.68. The molecule has 2 aromatic rings. The maximum absolute atomic E-state index is 11.9. The standard InChI is InChI=1S/C15H13N3O3S/c1-21-14(20)11-7-12(9-16-8-11)17-15(22)18-13(19)10-5-3-2-4-6-10/h2-9H,1H3,(H2,17,18,19,22). The van der Waals surface area contributed by atoms with Crippen molar-refractivity contribution in [3.8, 4) is 0 Å². The van der Waals surface area contributed by atoms with E-state index in [4.69, 9.17) is 12.2 Å². The fourth-order valence-electron chi connectivity index (χ4n) is 1.66. The lowest BCUT2D eigenvalue weighted by molar-refractivity contribution is 0.0600. The fraction of sp³-hybridized carbons (Fsp3) is 0.0667. The van der Waals surface area contributed by atoms with Crippen LogP contribution in [-0.2, 0) is 4.74 Å². The second-order valence-electron chi connectivity index (χ2n) is 4.23. The third-order valence-electron chi connectivity index (χ3n) is 2.68.